The highest BCUT2D eigenvalue weighted by molar-refractivity contribution is 7.71. The summed E-state index contributed by atoms with van der Waals surface area (Å²) in [7, 11) is 0. The number of H-pyrrole nitrogens is 1. The van der Waals surface area contributed by atoms with Crippen molar-refractivity contribution in [2.24, 2.45) is 0 Å². The summed E-state index contributed by atoms with van der Waals surface area (Å²) in [5.74, 6) is 0.544. The fourth-order valence-corrected chi connectivity index (χ4v) is 0.638. The third-order valence-electron chi connectivity index (χ3n) is 1.08. The van der Waals surface area contributed by atoms with Gasteiger partial charge in [-0.25, -0.2) is 0 Å². The maximum atomic E-state index is 7.39. The average molecular weight is 159 g/mol. The van der Waals surface area contributed by atoms with Crippen molar-refractivity contribution in [3.8, 4) is 0 Å². The molecule has 1 aromatic heterocycles. The number of nitrogens with one attached hydrogen (secondary N) is 1. The van der Waals surface area contributed by atoms with Crippen LogP contribution in [0.15, 0.2) is 4.52 Å². The Morgan fingerprint density at radius 2 is 2.30 bits per heavy atom. The van der Waals surface area contributed by atoms with Crippen LogP contribution in [0.4, 0.5) is 0 Å². The number of nitrogens with zero attached hydrogens (tertiary/aromatic N) is 1. The summed E-state index contributed by atoms with van der Waals surface area (Å²) in [6.07, 6.45) is 0. The van der Waals surface area contributed by atoms with E-state index in [1.807, 2.05) is 20.8 Å². The van der Waals surface area contributed by atoms with Crippen LogP contribution in [0.25, 0.3) is 0 Å². The number of hydrogen-bond acceptors (Lipinski definition) is 3. The van der Waals surface area contributed by atoms with Gasteiger partial charge in [-0.1, -0.05) is 25.9 Å². The van der Waals surface area contributed by atoms with Crippen molar-refractivity contribution in [1.82, 2.24) is 10.1 Å². The molecule has 0 saturated carbocycles. The van der Waals surface area contributed by atoms with Crippen molar-refractivity contribution in [1.29, 1.82) is 0 Å². The van der Waals surface area contributed by atoms with E-state index in [9.17, 15) is 0 Å². The molecule has 0 spiro atoms. The van der Waals surface area contributed by atoms with E-state index in [0.29, 0.717) is 5.82 Å². The Morgan fingerprint density at radius 1 is 1.70 bits per heavy atom. The van der Waals surface area contributed by atoms with Crippen LogP contribution in [-0.2, 0) is 5.41 Å². The van der Waals surface area contributed by atoms with Crippen molar-refractivity contribution in [2.75, 3.05) is 0 Å². The molecule has 3 nitrogen and oxygen atoms in total. The number of aromatic amines is 1. The molecule has 0 atom stereocenters. The first-order valence-electron chi connectivity index (χ1n) is 3.46. The third-order valence-corrected chi connectivity index (χ3v) is 1.24. The van der Waals surface area contributed by atoms with Crippen molar-refractivity contribution in [3.05, 3.63) is 10.7 Å². The summed E-state index contributed by atoms with van der Waals surface area (Å²) in [6, 6.07) is 0. The smallest absolute Gasteiger partial charge is 0.294 e. The molecule has 56 valence electrons. The quantitative estimate of drug-likeness (QED) is 0.589. The van der Waals surface area contributed by atoms with Gasteiger partial charge in [0.25, 0.3) is 4.84 Å². The van der Waals surface area contributed by atoms with Crippen molar-refractivity contribution in [3.63, 3.8) is 0 Å². The Hall–Kier alpha value is -0.640. The van der Waals surface area contributed by atoms with Crippen molar-refractivity contribution >= 4 is 12.2 Å². The Morgan fingerprint density at radius 3 is 2.50 bits per heavy atom. The van der Waals surface area contributed by atoms with Crippen LogP contribution in [0.5, 0.6) is 0 Å². The molecule has 1 rings (SSSR count). The molecule has 0 amide bonds. The molecule has 0 unspecified atom stereocenters. The zero-order valence-electron chi connectivity index (χ0n) is 7.21. The minimum Gasteiger partial charge on any atom is -0.324 e. The van der Waals surface area contributed by atoms with Gasteiger partial charge < -0.3 is 4.52 Å². The van der Waals surface area contributed by atoms with Crippen molar-refractivity contribution < 1.29 is 5.93 Å². The minimum absolute atomic E-state index is 0.0925. The van der Waals surface area contributed by atoms with Crippen LogP contribution in [0.2, 0.25) is 1.41 Å². The van der Waals surface area contributed by atoms with E-state index < -0.39 is 0 Å². The van der Waals surface area contributed by atoms with Gasteiger partial charge in [0.05, 0.1) is 0 Å². The zero-order valence-corrected chi connectivity index (χ0v) is 7.03. The van der Waals surface area contributed by atoms with Crippen LogP contribution < -0.4 is 0 Å². The summed E-state index contributed by atoms with van der Waals surface area (Å²) in [5, 5.41) is 3.68. The Balaban J connectivity index is 3.26. The lowest BCUT2D eigenvalue weighted by atomic mass is 9.96. The van der Waals surface area contributed by atoms with Crippen LogP contribution in [-0.4, -0.2) is 10.1 Å². The lowest BCUT2D eigenvalue weighted by Crippen LogP contribution is -2.12. The second-order valence-electron chi connectivity index (χ2n) is 3.13. The van der Waals surface area contributed by atoms with Crippen LogP contribution in [0, 0.1) is 4.84 Å². The molecule has 0 saturated heterocycles. The molecule has 0 aliphatic heterocycles. The minimum atomic E-state index is -0.192. The molecular weight excluding hydrogens is 148 g/mol. The first-order chi connectivity index (χ1) is 4.93. The molecule has 4 heteroatoms. The summed E-state index contributed by atoms with van der Waals surface area (Å²) in [5.41, 5.74) is -0.192. The average Bonchev–Trinajstić information content (AvgIpc) is 2.11. The summed E-state index contributed by atoms with van der Waals surface area (Å²) >= 11 is 4.69. The molecule has 1 aromatic rings. The van der Waals surface area contributed by atoms with E-state index in [4.69, 9.17) is 1.41 Å². The molecule has 0 aliphatic rings. The fraction of sp³-hybridized carbons (Fsp3) is 0.667. The molecular formula is C6H10N2OS. The normalized spacial score (nSPS) is 13.3. The highest BCUT2D eigenvalue weighted by Crippen LogP contribution is 2.16. The number of hydrogen-bond donors (Lipinski definition) is 1. The monoisotopic (exact) mass is 159 g/mol. The predicted octanol–water partition coefficient (Wildman–Crippen LogP) is 2.03. The predicted molar refractivity (Wildman–Crippen MR) is 40.4 cm³/mol. The van der Waals surface area contributed by atoms with Gasteiger partial charge in [0.2, 0.25) is 0 Å². The van der Waals surface area contributed by atoms with Gasteiger partial charge in [-0.15, -0.1) is 0 Å². The molecule has 1 heterocycles. The molecule has 0 radical (unpaired) electrons. The molecule has 0 fully saturated rings. The van der Waals surface area contributed by atoms with Gasteiger partial charge in [0.1, 0.15) is 0 Å². The molecule has 0 aliphatic carbocycles. The van der Waals surface area contributed by atoms with Crippen LogP contribution in [0.3, 0.4) is 0 Å². The second kappa shape index (κ2) is 2.20. The Kier molecular flexibility index (Phi) is 1.34. The molecule has 0 bridgehead atoms. The largest absolute Gasteiger partial charge is 0.324 e. The Labute approximate surface area is 65.9 Å². The van der Waals surface area contributed by atoms with E-state index in [0.717, 1.165) is 4.98 Å². The summed E-state index contributed by atoms with van der Waals surface area (Å²) < 4.78 is 12.0. The first kappa shape index (κ1) is 6.09. The van der Waals surface area contributed by atoms with E-state index in [-0.39, 0.29) is 10.3 Å². The summed E-state index contributed by atoms with van der Waals surface area (Å²) in [4.78, 5) is 1.13. The van der Waals surface area contributed by atoms with Crippen LogP contribution in [0.1, 0.15) is 26.6 Å². The highest BCUT2D eigenvalue weighted by Gasteiger charge is 2.17. The first-order valence-corrected chi connectivity index (χ1v) is 3.42. The lowest BCUT2D eigenvalue weighted by molar-refractivity contribution is 0.383. The van der Waals surface area contributed by atoms with Gasteiger partial charge >= 0.3 is 0 Å². The van der Waals surface area contributed by atoms with E-state index in [1.165, 1.54) is 0 Å². The van der Waals surface area contributed by atoms with Gasteiger partial charge in [-0.05, 0) is 12.2 Å². The van der Waals surface area contributed by atoms with E-state index in [2.05, 4.69) is 21.9 Å². The maximum absolute atomic E-state index is 7.39. The number of aromatic nitrogens is 2. The number of rotatable bonds is 0. The zero-order chi connectivity index (χ0) is 8.65. The van der Waals surface area contributed by atoms with Crippen LogP contribution >= 0.6 is 12.2 Å². The van der Waals surface area contributed by atoms with Gasteiger partial charge in [-0.3, -0.25) is 4.98 Å². The van der Waals surface area contributed by atoms with Gasteiger partial charge in [0, 0.05) is 5.41 Å². The third kappa shape index (κ3) is 1.44. The Bertz CT molecular complexity index is 309. The lowest BCUT2D eigenvalue weighted by Gasteiger charge is -2.11. The fourth-order valence-electron chi connectivity index (χ4n) is 0.514. The topological polar surface area (TPSA) is 41.8 Å². The van der Waals surface area contributed by atoms with Gasteiger partial charge in [0.15, 0.2) is 7.24 Å². The van der Waals surface area contributed by atoms with E-state index in [1.54, 1.807) is 0 Å². The standard InChI is InChI=1S/C6H10N2OS/c1-6(2,3)4-7-5(10)9-8-4/h1-3H3,(H,7,8,10)/i/hD. The molecule has 1 N–H and O–H groups in total. The summed E-state index contributed by atoms with van der Waals surface area (Å²) in [6.45, 7) is 5.85. The van der Waals surface area contributed by atoms with E-state index >= 15 is 0 Å². The maximum Gasteiger partial charge on any atom is 0.294 e. The van der Waals surface area contributed by atoms with Gasteiger partial charge in [-0.2, -0.15) is 0 Å². The highest BCUT2D eigenvalue weighted by atomic mass is 32.1. The molecule has 0 aromatic carbocycles. The van der Waals surface area contributed by atoms with Crippen molar-refractivity contribution in [2.45, 2.75) is 26.2 Å². The second-order valence-corrected chi connectivity index (χ2v) is 3.48. The molecule has 10 heavy (non-hydrogen) atoms. The SMILES string of the molecule is [2H]n1c(C(C)(C)C)noc1=S.